The summed E-state index contributed by atoms with van der Waals surface area (Å²) >= 11 is 0. The van der Waals surface area contributed by atoms with Crippen molar-refractivity contribution >= 4 is 0 Å². The zero-order chi connectivity index (χ0) is 32.4. The van der Waals surface area contributed by atoms with Crippen LogP contribution in [0.1, 0.15) is 22.3 Å². The maximum Gasteiger partial charge on any atom is 0.161 e. The number of aromatic nitrogens is 3. The molecule has 0 saturated carbocycles. The molecule has 2 heterocycles. The molecule has 6 aromatic carbocycles. The topological polar surface area (TPSA) is 38.7 Å². The molecule has 0 radical (unpaired) electrons. The minimum Gasteiger partial charge on any atom is -0.264 e. The highest BCUT2D eigenvalue weighted by molar-refractivity contribution is 5.98. The molecule has 2 aliphatic carbocycles. The number of pyridine rings is 1. The van der Waals surface area contributed by atoms with Gasteiger partial charge < -0.3 is 0 Å². The molecular formula is C46H29N3. The molecule has 0 atom stereocenters. The first-order valence-electron chi connectivity index (χ1n) is 16.7. The van der Waals surface area contributed by atoms with Gasteiger partial charge in [-0.25, -0.2) is 9.97 Å². The third-order valence-corrected chi connectivity index (χ3v) is 10.2. The van der Waals surface area contributed by atoms with Crippen LogP contribution in [-0.4, -0.2) is 15.0 Å². The van der Waals surface area contributed by atoms with Crippen molar-refractivity contribution in [2.75, 3.05) is 0 Å². The predicted molar refractivity (Wildman–Crippen MR) is 198 cm³/mol. The van der Waals surface area contributed by atoms with Crippen molar-refractivity contribution in [1.82, 2.24) is 15.0 Å². The molecule has 0 aliphatic heterocycles. The minimum atomic E-state index is -0.502. The Bertz CT molecular complexity index is 2450. The van der Waals surface area contributed by atoms with Crippen LogP contribution in [-0.2, 0) is 5.41 Å². The van der Waals surface area contributed by atoms with Crippen LogP contribution < -0.4 is 0 Å². The fourth-order valence-corrected chi connectivity index (χ4v) is 8.19. The number of nitrogens with zero attached hydrogens (tertiary/aromatic N) is 3. The first kappa shape index (κ1) is 27.6. The molecule has 0 saturated heterocycles. The van der Waals surface area contributed by atoms with Crippen molar-refractivity contribution in [2.24, 2.45) is 0 Å². The highest BCUT2D eigenvalue weighted by atomic mass is 14.9. The Kier molecular flexibility index (Phi) is 6.09. The number of hydrogen-bond acceptors (Lipinski definition) is 3. The van der Waals surface area contributed by atoms with Crippen molar-refractivity contribution in [2.45, 2.75) is 5.41 Å². The van der Waals surface area contributed by atoms with E-state index in [-0.39, 0.29) is 0 Å². The highest BCUT2D eigenvalue weighted by Gasteiger charge is 2.49. The molecule has 228 valence electrons. The van der Waals surface area contributed by atoms with Gasteiger partial charge in [0.15, 0.2) is 5.82 Å². The van der Waals surface area contributed by atoms with E-state index >= 15 is 0 Å². The van der Waals surface area contributed by atoms with Crippen molar-refractivity contribution in [1.29, 1.82) is 0 Å². The van der Waals surface area contributed by atoms with Gasteiger partial charge in [0.05, 0.1) is 16.8 Å². The summed E-state index contributed by atoms with van der Waals surface area (Å²) in [4.78, 5) is 14.6. The Balaban J connectivity index is 1.29. The number of rotatable bonds is 3. The normalized spacial score (nSPS) is 13.1. The van der Waals surface area contributed by atoms with Crippen LogP contribution in [0.25, 0.3) is 67.3 Å². The molecule has 3 heteroatoms. The zero-order valence-corrected chi connectivity index (χ0v) is 26.6. The Morgan fingerprint density at radius 3 is 1.45 bits per heavy atom. The van der Waals surface area contributed by atoms with Crippen molar-refractivity contribution in [3.8, 4) is 67.3 Å². The lowest BCUT2D eigenvalue weighted by molar-refractivity contribution is 0.775. The first-order valence-corrected chi connectivity index (χ1v) is 16.7. The molecule has 0 N–H and O–H groups in total. The van der Waals surface area contributed by atoms with E-state index in [9.17, 15) is 0 Å². The maximum absolute atomic E-state index is 5.18. The Morgan fingerprint density at radius 1 is 0.347 bits per heavy atom. The second-order valence-electron chi connectivity index (χ2n) is 12.8. The predicted octanol–water partition coefficient (Wildman–Crippen LogP) is 10.9. The molecule has 49 heavy (non-hydrogen) atoms. The molecule has 0 unspecified atom stereocenters. The molecule has 8 aromatic rings. The Morgan fingerprint density at radius 2 is 0.837 bits per heavy atom. The zero-order valence-electron chi connectivity index (χ0n) is 26.6. The molecule has 0 amide bonds. The van der Waals surface area contributed by atoms with Gasteiger partial charge in [-0.05, 0) is 79.9 Å². The number of benzene rings is 6. The van der Waals surface area contributed by atoms with E-state index in [1.165, 1.54) is 55.6 Å². The van der Waals surface area contributed by atoms with Crippen LogP contribution in [0.5, 0.6) is 0 Å². The largest absolute Gasteiger partial charge is 0.264 e. The van der Waals surface area contributed by atoms with E-state index in [1.807, 2.05) is 24.4 Å². The van der Waals surface area contributed by atoms with Crippen LogP contribution in [0, 0.1) is 0 Å². The van der Waals surface area contributed by atoms with Gasteiger partial charge in [0.25, 0.3) is 0 Å². The molecule has 0 bridgehead atoms. The second-order valence-corrected chi connectivity index (χ2v) is 12.8. The molecule has 2 aliphatic rings. The van der Waals surface area contributed by atoms with Crippen molar-refractivity contribution < 1.29 is 0 Å². The van der Waals surface area contributed by atoms with Crippen molar-refractivity contribution in [3.63, 3.8) is 0 Å². The van der Waals surface area contributed by atoms with Gasteiger partial charge in [-0.1, -0.05) is 140 Å². The smallest absolute Gasteiger partial charge is 0.161 e. The second kappa shape index (κ2) is 10.8. The van der Waals surface area contributed by atoms with Gasteiger partial charge in [0.1, 0.15) is 0 Å². The number of hydrogen-bond donors (Lipinski definition) is 0. The Labute approximate surface area is 285 Å². The highest BCUT2D eigenvalue weighted by Crippen LogP contribution is 2.61. The number of fused-ring (bicyclic) bond motifs is 12. The molecule has 3 nitrogen and oxygen atoms in total. The Hall–Kier alpha value is -6.45. The lowest BCUT2D eigenvalue weighted by Crippen LogP contribution is -2.29. The molecule has 0 fully saturated rings. The van der Waals surface area contributed by atoms with Gasteiger partial charge >= 0.3 is 0 Å². The van der Waals surface area contributed by atoms with Gasteiger partial charge in [-0.15, -0.1) is 0 Å². The molecule has 2 aromatic heterocycles. The van der Waals surface area contributed by atoms with Gasteiger partial charge in [-0.3, -0.25) is 4.98 Å². The van der Waals surface area contributed by atoms with E-state index < -0.39 is 5.41 Å². The monoisotopic (exact) mass is 623 g/mol. The molecule has 1 spiro atoms. The fourth-order valence-electron chi connectivity index (χ4n) is 8.19. The van der Waals surface area contributed by atoms with Crippen LogP contribution in [0.2, 0.25) is 0 Å². The van der Waals surface area contributed by atoms with E-state index in [1.54, 1.807) is 6.20 Å². The molecule has 10 rings (SSSR count). The first-order chi connectivity index (χ1) is 24.3. The van der Waals surface area contributed by atoms with Crippen LogP contribution in [0.3, 0.4) is 0 Å². The summed E-state index contributed by atoms with van der Waals surface area (Å²) in [6.07, 6.45) is 3.61. The fraction of sp³-hybridized carbons (Fsp3) is 0.0217. The lowest BCUT2D eigenvalue weighted by atomic mass is 9.66. The summed E-state index contributed by atoms with van der Waals surface area (Å²) in [5.41, 5.74) is 16.9. The average molecular weight is 624 g/mol. The van der Waals surface area contributed by atoms with Gasteiger partial charge in [0, 0.05) is 29.1 Å². The van der Waals surface area contributed by atoms with Crippen LogP contribution in [0.4, 0.5) is 0 Å². The minimum absolute atomic E-state index is 0.502. The maximum atomic E-state index is 5.18. The summed E-state index contributed by atoms with van der Waals surface area (Å²) in [5, 5.41) is 0. The standard InChI is InChI=1S/C46H29N3/c1-2-13-30(14-3-1)43-28-44(49-45(48-43)32-15-12-26-47-29-32)31-24-25-42-38(27-31)34-17-5-4-16-33(34)35-18-6-9-21-39(35)46(42)40-22-10-7-19-36(40)37-20-8-11-23-41(37)46/h1-29H. The SMILES string of the molecule is c1ccc(-c2cc(-c3ccc4c(c3)-c3ccccc3-c3ccccc3C43c4ccccc4-c4ccccc43)nc(-c3cccnc3)n2)cc1. The van der Waals surface area contributed by atoms with Gasteiger partial charge in [-0.2, -0.15) is 0 Å². The third kappa shape index (κ3) is 4.06. The van der Waals surface area contributed by atoms with Crippen molar-refractivity contribution in [3.05, 3.63) is 198 Å². The van der Waals surface area contributed by atoms with Gasteiger partial charge in [0.2, 0.25) is 0 Å². The van der Waals surface area contributed by atoms with Crippen LogP contribution >= 0.6 is 0 Å². The summed E-state index contributed by atoms with van der Waals surface area (Å²) in [6.45, 7) is 0. The molecular weight excluding hydrogens is 595 g/mol. The van der Waals surface area contributed by atoms with E-state index in [0.717, 1.165) is 28.1 Å². The average Bonchev–Trinajstić information content (AvgIpc) is 3.43. The van der Waals surface area contributed by atoms with Crippen LogP contribution in [0.15, 0.2) is 176 Å². The van der Waals surface area contributed by atoms with E-state index in [4.69, 9.17) is 9.97 Å². The third-order valence-electron chi connectivity index (χ3n) is 10.2. The summed E-state index contributed by atoms with van der Waals surface area (Å²) in [7, 11) is 0. The quantitative estimate of drug-likeness (QED) is 0.197. The lowest BCUT2D eigenvalue weighted by Gasteiger charge is -2.35. The summed E-state index contributed by atoms with van der Waals surface area (Å²) < 4.78 is 0. The van der Waals surface area contributed by atoms with E-state index in [0.29, 0.717) is 5.82 Å². The summed E-state index contributed by atoms with van der Waals surface area (Å²) in [6, 6.07) is 59.1. The summed E-state index contributed by atoms with van der Waals surface area (Å²) in [5.74, 6) is 0.655. The van der Waals surface area contributed by atoms with E-state index in [2.05, 4.69) is 151 Å².